The van der Waals surface area contributed by atoms with Crippen molar-refractivity contribution in [3.63, 3.8) is 0 Å². The van der Waals surface area contributed by atoms with Crippen LogP contribution < -0.4 is 14.8 Å². The van der Waals surface area contributed by atoms with Gasteiger partial charge in [-0.05, 0) is 24.5 Å². The summed E-state index contributed by atoms with van der Waals surface area (Å²) < 4.78 is 11.0. The zero-order valence-electron chi connectivity index (χ0n) is 16.3. The molecule has 0 saturated carbocycles. The van der Waals surface area contributed by atoms with E-state index in [1.807, 2.05) is 32.0 Å². The van der Waals surface area contributed by atoms with Gasteiger partial charge in [0, 0.05) is 23.4 Å². The van der Waals surface area contributed by atoms with E-state index in [9.17, 15) is 9.90 Å². The Morgan fingerprint density at radius 1 is 1.21 bits per heavy atom. The fourth-order valence-electron chi connectivity index (χ4n) is 3.23. The van der Waals surface area contributed by atoms with Gasteiger partial charge in [-0.2, -0.15) is 0 Å². The third-order valence-corrected chi connectivity index (χ3v) is 4.45. The first kappa shape index (κ1) is 19.5. The number of rotatable bonds is 7. The highest BCUT2D eigenvalue weighted by Gasteiger charge is 2.21. The highest BCUT2D eigenvalue weighted by molar-refractivity contribution is 5.88. The summed E-state index contributed by atoms with van der Waals surface area (Å²) in [4.78, 5) is 23.1. The first-order valence-corrected chi connectivity index (χ1v) is 8.98. The number of ether oxygens (including phenoxy) is 2. The number of amides is 1. The number of nitrogens with zero attached hydrogens (tertiary/aromatic N) is 2. The molecule has 3 N–H and O–H groups in total. The van der Waals surface area contributed by atoms with Crippen LogP contribution in [-0.2, 0) is 0 Å². The molecule has 2 aromatic heterocycles. The van der Waals surface area contributed by atoms with E-state index in [1.54, 1.807) is 26.6 Å². The number of hydrogen-bond donors (Lipinski definition) is 3. The first-order valence-electron chi connectivity index (χ1n) is 8.98. The summed E-state index contributed by atoms with van der Waals surface area (Å²) in [6.45, 7) is 4.08. The number of imidazole rings is 1. The van der Waals surface area contributed by atoms with Gasteiger partial charge < -0.3 is 24.9 Å². The molecule has 8 nitrogen and oxygen atoms in total. The van der Waals surface area contributed by atoms with Crippen molar-refractivity contribution >= 4 is 17.1 Å². The number of aromatic nitrogens is 3. The molecule has 0 fully saturated rings. The van der Waals surface area contributed by atoms with Crippen LogP contribution in [0.1, 0.15) is 32.1 Å². The van der Waals surface area contributed by atoms with E-state index in [2.05, 4.69) is 20.3 Å². The van der Waals surface area contributed by atoms with E-state index in [1.165, 1.54) is 0 Å². The number of H-pyrrole nitrogens is 1. The largest absolute Gasteiger partial charge is 0.496 e. The van der Waals surface area contributed by atoms with Gasteiger partial charge in [0.05, 0.1) is 37.5 Å². The maximum atomic E-state index is 11.2. The zero-order chi connectivity index (χ0) is 20.3. The number of aromatic amines is 1. The summed E-state index contributed by atoms with van der Waals surface area (Å²) in [6, 6.07) is 5.19. The minimum Gasteiger partial charge on any atom is -0.496 e. The Hall–Kier alpha value is -3.29. The molecule has 28 heavy (non-hydrogen) atoms. The number of benzene rings is 1. The Kier molecular flexibility index (Phi) is 5.67. The van der Waals surface area contributed by atoms with Crippen LogP contribution in [0.3, 0.4) is 0 Å². The Labute approximate surface area is 162 Å². The highest BCUT2D eigenvalue weighted by atomic mass is 16.5. The normalized spacial score (nSPS) is 12.2. The van der Waals surface area contributed by atoms with Gasteiger partial charge >= 0.3 is 6.09 Å². The van der Waals surface area contributed by atoms with E-state index in [0.717, 1.165) is 16.6 Å². The van der Waals surface area contributed by atoms with E-state index >= 15 is 0 Å². The Bertz CT molecular complexity index is 983. The maximum Gasteiger partial charge on any atom is 0.405 e. The number of hydrogen-bond acceptors (Lipinski definition) is 5. The molecule has 1 atom stereocenters. The van der Waals surface area contributed by atoms with Crippen LogP contribution in [0.5, 0.6) is 11.5 Å². The van der Waals surface area contributed by atoms with Gasteiger partial charge in [-0.15, -0.1) is 0 Å². The third-order valence-electron chi connectivity index (χ3n) is 4.45. The van der Waals surface area contributed by atoms with Crippen molar-refractivity contribution in [1.82, 2.24) is 20.3 Å². The van der Waals surface area contributed by atoms with Crippen LogP contribution in [0.15, 0.2) is 30.6 Å². The van der Waals surface area contributed by atoms with Gasteiger partial charge in [0.25, 0.3) is 0 Å². The summed E-state index contributed by atoms with van der Waals surface area (Å²) >= 11 is 0. The molecule has 148 valence electrons. The molecule has 1 aromatic carbocycles. The lowest BCUT2D eigenvalue weighted by Crippen LogP contribution is -2.28. The lowest BCUT2D eigenvalue weighted by Gasteiger charge is -2.16. The lowest BCUT2D eigenvalue weighted by molar-refractivity contribution is 0.187. The molecule has 3 rings (SSSR count). The topological polar surface area (TPSA) is 109 Å². The molecular formula is C20H24N4O4. The molecule has 0 radical (unpaired) electrons. The number of carbonyl (C=O) groups is 1. The van der Waals surface area contributed by atoms with Gasteiger partial charge in [-0.25, -0.2) is 9.78 Å². The van der Waals surface area contributed by atoms with Crippen LogP contribution in [0.25, 0.3) is 22.2 Å². The molecule has 0 spiro atoms. The summed E-state index contributed by atoms with van der Waals surface area (Å²) in [6.07, 6.45) is 2.89. The van der Waals surface area contributed by atoms with Crippen LogP contribution in [0.2, 0.25) is 0 Å². The number of pyridine rings is 1. The monoisotopic (exact) mass is 384 g/mol. The molecule has 1 amide bonds. The van der Waals surface area contributed by atoms with Crippen molar-refractivity contribution in [2.45, 2.75) is 26.3 Å². The predicted octanol–water partition coefficient (Wildman–Crippen LogP) is 4.00. The molecule has 0 aliphatic carbocycles. The van der Waals surface area contributed by atoms with Crippen molar-refractivity contribution in [2.75, 3.05) is 14.2 Å². The second-order valence-electron chi connectivity index (χ2n) is 6.90. The van der Waals surface area contributed by atoms with Crippen molar-refractivity contribution < 1.29 is 19.4 Å². The Balaban J connectivity index is 2.10. The molecule has 2 heterocycles. The van der Waals surface area contributed by atoms with E-state index < -0.39 is 12.1 Å². The van der Waals surface area contributed by atoms with Crippen molar-refractivity contribution in [3.05, 3.63) is 36.4 Å². The van der Waals surface area contributed by atoms with Gasteiger partial charge in [-0.3, -0.25) is 4.98 Å². The van der Waals surface area contributed by atoms with Crippen molar-refractivity contribution in [2.24, 2.45) is 5.92 Å². The molecule has 0 saturated heterocycles. The SMILES string of the molecule is COc1cnccc1-c1cc2[nH]c(C(CC(C)C)NC(=O)O)nc2cc1OC. The summed E-state index contributed by atoms with van der Waals surface area (Å²) in [5.41, 5.74) is 3.15. The summed E-state index contributed by atoms with van der Waals surface area (Å²) in [5, 5.41) is 11.7. The summed E-state index contributed by atoms with van der Waals surface area (Å²) in [5.74, 6) is 2.15. The smallest absolute Gasteiger partial charge is 0.405 e. The Morgan fingerprint density at radius 3 is 2.61 bits per heavy atom. The summed E-state index contributed by atoms with van der Waals surface area (Å²) in [7, 11) is 3.19. The van der Waals surface area contributed by atoms with Crippen molar-refractivity contribution in [1.29, 1.82) is 0 Å². The van der Waals surface area contributed by atoms with Crippen molar-refractivity contribution in [3.8, 4) is 22.6 Å². The lowest BCUT2D eigenvalue weighted by atomic mass is 10.0. The third kappa shape index (κ3) is 4.00. The van der Waals surface area contributed by atoms with Gasteiger partial charge in [0.2, 0.25) is 0 Å². The van der Waals surface area contributed by atoms with Crippen LogP contribution in [-0.4, -0.2) is 40.4 Å². The molecule has 1 unspecified atom stereocenters. The van der Waals surface area contributed by atoms with E-state index in [0.29, 0.717) is 35.2 Å². The van der Waals surface area contributed by atoms with E-state index in [-0.39, 0.29) is 0 Å². The number of carboxylic acid groups (broad SMARTS) is 1. The Morgan fingerprint density at radius 2 is 1.96 bits per heavy atom. The second kappa shape index (κ2) is 8.16. The van der Waals surface area contributed by atoms with Gasteiger partial charge in [0.1, 0.15) is 17.3 Å². The number of fused-ring (bicyclic) bond motifs is 1. The van der Waals surface area contributed by atoms with Crippen LogP contribution >= 0.6 is 0 Å². The molecule has 0 aliphatic rings. The molecular weight excluding hydrogens is 360 g/mol. The fraction of sp³-hybridized carbons (Fsp3) is 0.350. The van der Waals surface area contributed by atoms with E-state index in [4.69, 9.17) is 9.47 Å². The quantitative estimate of drug-likeness (QED) is 0.568. The zero-order valence-corrected chi connectivity index (χ0v) is 16.3. The van der Waals surface area contributed by atoms with Gasteiger partial charge in [-0.1, -0.05) is 13.8 Å². The molecule has 0 bridgehead atoms. The first-order chi connectivity index (χ1) is 13.4. The van der Waals surface area contributed by atoms with Crippen LogP contribution in [0.4, 0.5) is 4.79 Å². The minimum absolute atomic E-state index is 0.302. The standard InChI is InChI=1S/C20H24N4O4/c1-11(2)7-16(24-20(25)26)19-22-14-8-13(17(27-3)9-15(14)23-19)12-5-6-21-10-18(12)28-4/h5-6,8-11,16,24H,7H2,1-4H3,(H,22,23)(H,25,26). The minimum atomic E-state index is -1.08. The number of nitrogens with one attached hydrogen (secondary N) is 2. The highest BCUT2D eigenvalue weighted by Crippen LogP contribution is 2.38. The van der Waals surface area contributed by atoms with Crippen LogP contribution in [0, 0.1) is 5.92 Å². The number of methoxy groups -OCH3 is 2. The molecule has 3 aromatic rings. The van der Waals surface area contributed by atoms with Gasteiger partial charge in [0.15, 0.2) is 0 Å². The average Bonchev–Trinajstić information content (AvgIpc) is 3.08. The predicted molar refractivity (Wildman–Crippen MR) is 106 cm³/mol. The molecule has 0 aliphatic heterocycles. The average molecular weight is 384 g/mol. The fourth-order valence-corrected chi connectivity index (χ4v) is 3.23. The molecule has 8 heteroatoms. The maximum absolute atomic E-state index is 11.2. The second-order valence-corrected chi connectivity index (χ2v) is 6.90.